The summed E-state index contributed by atoms with van der Waals surface area (Å²) in [5.41, 5.74) is 2.79. The molecule has 0 spiro atoms. The average molecular weight is 459 g/mol. The molecule has 1 aromatic carbocycles. The summed E-state index contributed by atoms with van der Waals surface area (Å²) in [6.07, 6.45) is 0.800. The van der Waals surface area contributed by atoms with E-state index in [1.807, 2.05) is 31.2 Å². The number of rotatable bonds is 5. The van der Waals surface area contributed by atoms with Gasteiger partial charge in [0.05, 0.1) is 30.9 Å². The SMILES string of the molecule is COC(=O)[C@@H](C)Sc1nc2sc3c(c2c(=O)n1-c1ccc(C)cc1)C[C@H](C(C)C)OC3. The van der Waals surface area contributed by atoms with Gasteiger partial charge in [-0.3, -0.25) is 14.2 Å². The summed E-state index contributed by atoms with van der Waals surface area (Å²) in [5.74, 6) is 0.0135. The molecule has 0 fully saturated rings. The molecule has 0 unspecified atom stereocenters. The van der Waals surface area contributed by atoms with Gasteiger partial charge in [0.25, 0.3) is 5.56 Å². The second-order valence-corrected chi connectivity index (χ2v) is 10.5. The molecule has 0 amide bonds. The Balaban J connectivity index is 1.92. The summed E-state index contributed by atoms with van der Waals surface area (Å²) in [7, 11) is 1.36. The standard InChI is InChI=1S/C23H26N2O4S2/c1-12(2)17-10-16-18(11-29-17)31-20-19(16)21(26)25(15-8-6-13(3)7-9-15)23(24-20)30-14(4)22(27)28-5/h6-9,12,14,17H,10-11H2,1-5H3/t14-,17-/m1/s1. The Labute approximate surface area is 189 Å². The van der Waals surface area contributed by atoms with Crippen LogP contribution in [0.15, 0.2) is 34.2 Å². The van der Waals surface area contributed by atoms with Gasteiger partial charge >= 0.3 is 5.97 Å². The maximum atomic E-state index is 13.8. The van der Waals surface area contributed by atoms with Gasteiger partial charge in [-0.15, -0.1) is 11.3 Å². The third-order valence-electron chi connectivity index (χ3n) is 5.56. The molecule has 4 rings (SSSR count). The van der Waals surface area contributed by atoms with Crippen LogP contribution in [0, 0.1) is 12.8 Å². The molecule has 31 heavy (non-hydrogen) atoms. The van der Waals surface area contributed by atoms with Crippen molar-refractivity contribution in [2.45, 2.75) is 57.2 Å². The molecular weight excluding hydrogens is 432 g/mol. The number of thiophene rings is 1. The first-order chi connectivity index (χ1) is 14.8. The van der Waals surface area contributed by atoms with Crippen LogP contribution in [0.3, 0.4) is 0 Å². The summed E-state index contributed by atoms with van der Waals surface area (Å²) >= 11 is 2.75. The largest absolute Gasteiger partial charge is 0.468 e. The van der Waals surface area contributed by atoms with Gasteiger partial charge in [-0.05, 0) is 37.5 Å². The van der Waals surface area contributed by atoms with E-state index in [2.05, 4.69) is 13.8 Å². The Bertz CT molecular complexity index is 1180. The number of carbonyl (C=O) groups is 1. The third kappa shape index (κ3) is 4.16. The predicted octanol–water partition coefficient (Wildman–Crippen LogP) is 4.51. The molecule has 0 bridgehead atoms. The average Bonchev–Trinajstić information content (AvgIpc) is 3.11. The molecule has 2 aromatic heterocycles. The van der Waals surface area contributed by atoms with E-state index in [9.17, 15) is 9.59 Å². The number of thioether (sulfide) groups is 1. The highest BCUT2D eigenvalue weighted by molar-refractivity contribution is 8.00. The van der Waals surface area contributed by atoms with Crippen molar-refractivity contribution in [3.05, 3.63) is 50.6 Å². The van der Waals surface area contributed by atoms with Crippen LogP contribution in [0.1, 0.15) is 36.8 Å². The van der Waals surface area contributed by atoms with Crippen molar-refractivity contribution in [3.8, 4) is 5.69 Å². The highest BCUT2D eigenvalue weighted by Gasteiger charge is 2.29. The molecule has 0 saturated heterocycles. The van der Waals surface area contributed by atoms with Crippen LogP contribution >= 0.6 is 23.1 Å². The van der Waals surface area contributed by atoms with Crippen LogP contribution in [0.2, 0.25) is 0 Å². The van der Waals surface area contributed by atoms with Crippen LogP contribution < -0.4 is 5.56 Å². The second-order valence-electron chi connectivity index (χ2n) is 8.14. The summed E-state index contributed by atoms with van der Waals surface area (Å²) in [4.78, 5) is 32.5. The summed E-state index contributed by atoms with van der Waals surface area (Å²) in [6, 6.07) is 7.76. The Kier molecular flexibility index (Phi) is 6.23. The number of carbonyl (C=O) groups excluding carboxylic acids is 1. The molecule has 164 valence electrons. The van der Waals surface area contributed by atoms with Crippen molar-refractivity contribution < 1.29 is 14.3 Å². The van der Waals surface area contributed by atoms with E-state index in [4.69, 9.17) is 14.5 Å². The van der Waals surface area contributed by atoms with Gasteiger partial charge in [0.1, 0.15) is 10.1 Å². The number of hydrogen-bond donors (Lipinski definition) is 0. The fourth-order valence-electron chi connectivity index (χ4n) is 3.71. The van der Waals surface area contributed by atoms with Gasteiger partial charge < -0.3 is 9.47 Å². The van der Waals surface area contributed by atoms with Crippen LogP contribution in [0.25, 0.3) is 15.9 Å². The second kappa shape index (κ2) is 8.76. The lowest BCUT2D eigenvalue weighted by Gasteiger charge is -2.26. The first-order valence-corrected chi connectivity index (χ1v) is 12.0. The van der Waals surface area contributed by atoms with Crippen molar-refractivity contribution >= 4 is 39.3 Å². The molecule has 0 saturated carbocycles. The molecule has 1 aliphatic heterocycles. The smallest absolute Gasteiger partial charge is 0.318 e. The number of ether oxygens (including phenoxy) is 2. The molecule has 0 N–H and O–H groups in total. The van der Waals surface area contributed by atoms with Gasteiger partial charge in [-0.1, -0.05) is 43.3 Å². The van der Waals surface area contributed by atoms with Crippen molar-refractivity contribution in [2.75, 3.05) is 7.11 Å². The Morgan fingerprint density at radius 1 is 1.29 bits per heavy atom. The number of hydrogen-bond acceptors (Lipinski definition) is 7. The number of benzene rings is 1. The topological polar surface area (TPSA) is 70.4 Å². The lowest BCUT2D eigenvalue weighted by molar-refractivity contribution is -0.139. The first-order valence-electron chi connectivity index (χ1n) is 10.3. The van der Waals surface area contributed by atoms with Gasteiger partial charge in [-0.25, -0.2) is 4.98 Å². The fraction of sp³-hybridized carbons (Fsp3) is 0.435. The van der Waals surface area contributed by atoms with Gasteiger partial charge in [0, 0.05) is 11.3 Å². The number of nitrogens with zero attached hydrogens (tertiary/aromatic N) is 2. The monoisotopic (exact) mass is 458 g/mol. The molecule has 8 heteroatoms. The number of aryl methyl sites for hydroxylation is 1. The van der Waals surface area contributed by atoms with E-state index in [1.165, 1.54) is 30.2 Å². The van der Waals surface area contributed by atoms with E-state index < -0.39 is 5.25 Å². The predicted molar refractivity (Wildman–Crippen MR) is 124 cm³/mol. The van der Waals surface area contributed by atoms with Crippen LogP contribution in [-0.4, -0.2) is 34.0 Å². The molecule has 3 heterocycles. The van der Waals surface area contributed by atoms with Crippen LogP contribution in [0.4, 0.5) is 0 Å². The summed E-state index contributed by atoms with van der Waals surface area (Å²) in [5, 5.41) is 0.665. The molecule has 0 radical (unpaired) electrons. The number of esters is 1. The molecule has 0 aliphatic carbocycles. The van der Waals surface area contributed by atoms with E-state index >= 15 is 0 Å². The Morgan fingerprint density at radius 2 is 2.00 bits per heavy atom. The number of methoxy groups -OCH3 is 1. The van der Waals surface area contributed by atoms with Crippen LogP contribution in [0.5, 0.6) is 0 Å². The van der Waals surface area contributed by atoms with Crippen molar-refractivity contribution in [1.29, 1.82) is 0 Å². The Hall–Kier alpha value is -2.16. The maximum Gasteiger partial charge on any atom is 0.318 e. The summed E-state index contributed by atoms with van der Waals surface area (Å²) < 4.78 is 12.5. The maximum absolute atomic E-state index is 13.8. The highest BCUT2D eigenvalue weighted by Crippen LogP contribution is 2.36. The lowest BCUT2D eigenvalue weighted by Crippen LogP contribution is -2.28. The van der Waals surface area contributed by atoms with E-state index in [0.717, 1.165) is 21.7 Å². The van der Waals surface area contributed by atoms with Crippen LogP contribution in [-0.2, 0) is 27.3 Å². The van der Waals surface area contributed by atoms with Gasteiger partial charge in [0.15, 0.2) is 5.16 Å². The minimum absolute atomic E-state index is 0.0888. The molecule has 6 nitrogen and oxygen atoms in total. The van der Waals surface area contributed by atoms with E-state index in [-0.39, 0.29) is 17.6 Å². The molecule has 1 aliphatic rings. The van der Waals surface area contributed by atoms with Gasteiger partial charge in [-0.2, -0.15) is 0 Å². The number of aromatic nitrogens is 2. The number of fused-ring (bicyclic) bond motifs is 3. The summed E-state index contributed by atoms with van der Waals surface area (Å²) in [6.45, 7) is 8.54. The zero-order valence-corrected chi connectivity index (χ0v) is 19.9. The molecule has 2 atom stereocenters. The van der Waals surface area contributed by atoms with Crippen molar-refractivity contribution in [3.63, 3.8) is 0 Å². The minimum atomic E-state index is -0.491. The highest BCUT2D eigenvalue weighted by atomic mass is 32.2. The van der Waals surface area contributed by atoms with E-state index in [1.54, 1.807) is 11.5 Å². The fourth-order valence-corrected chi connectivity index (χ4v) is 5.83. The molecular formula is C23H26N2O4S2. The normalized spacial score (nSPS) is 17.0. The lowest BCUT2D eigenvalue weighted by atomic mass is 9.96. The zero-order chi connectivity index (χ0) is 22.3. The Morgan fingerprint density at radius 3 is 2.65 bits per heavy atom. The minimum Gasteiger partial charge on any atom is -0.468 e. The molecule has 3 aromatic rings. The van der Waals surface area contributed by atoms with Gasteiger partial charge in [0.2, 0.25) is 0 Å². The first kappa shape index (κ1) is 22.0. The zero-order valence-electron chi connectivity index (χ0n) is 18.3. The van der Waals surface area contributed by atoms with Crippen molar-refractivity contribution in [1.82, 2.24) is 9.55 Å². The van der Waals surface area contributed by atoms with Crippen molar-refractivity contribution in [2.24, 2.45) is 5.92 Å². The quantitative estimate of drug-likeness (QED) is 0.318. The van der Waals surface area contributed by atoms with E-state index in [0.29, 0.717) is 34.3 Å². The third-order valence-corrected chi connectivity index (χ3v) is 7.69.